The first kappa shape index (κ1) is 24.9. The Morgan fingerprint density at radius 1 is 1.32 bits per heavy atom. The number of anilines is 1. The Kier molecular flexibility index (Phi) is 8.04. The highest BCUT2D eigenvalue weighted by Crippen LogP contribution is 2.31. The van der Waals surface area contributed by atoms with Gasteiger partial charge in [-0.2, -0.15) is 0 Å². The molecular formula is C23H26F2N6O3. The minimum Gasteiger partial charge on any atom is -0.439 e. The van der Waals surface area contributed by atoms with E-state index in [0.29, 0.717) is 23.4 Å². The molecule has 0 bridgehead atoms. The maximum Gasteiger partial charge on any atom is 0.415 e. The van der Waals surface area contributed by atoms with Crippen LogP contribution in [0.3, 0.4) is 0 Å². The van der Waals surface area contributed by atoms with Crippen LogP contribution in [-0.4, -0.2) is 50.0 Å². The lowest BCUT2D eigenvalue weighted by Crippen LogP contribution is -2.43. The van der Waals surface area contributed by atoms with Crippen molar-refractivity contribution in [1.29, 1.82) is 0 Å². The van der Waals surface area contributed by atoms with Crippen LogP contribution in [0.25, 0.3) is 21.6 Å². The number of carbonyl (C=O) groups is 2. The molecule has 1 fully saturated rings. The number of ether oxygens (including phenoxy) is 1. The standard InChI is InChI=1S/C23H26F2N6O3/c1-15(32)28-13-23(2)14-31(22(33)34-23)19-7-8-20(21(25)9-19)17-5-3-16(4-6-17)11-27-12-18(10-24)29-30-26/h3-9,18,27H,10-14H2,1-2H3,(H,28,32)/t18?,23-/m0/s1. The van der Waals surface area contributed by atoms with Crippen molar-refractivity contribution in [3.8, 4) is 11.1 Å². The number of benzene rings is 2. The van der Waals surface area contributed by atoms with Crippen molar-refractivity contribution in [2.24, 2.45) is 5.11 Å². The molecule has 180 valence electrons. The van der Waals surface area contributed by atoms with Crippen molar-refractivity contribution in [1.82, 2.24) is 10.6 Å². The molecule has 1 aliphatic rings. The Hall–Kier alpha value is -3.69. The van der Waals surface area contributed by atoms with E-state index in [1.807, 2.05) is 12.1 Å². The number of rotatable bonds is 10. The van der Waals surface area contributed by atoms with Gasteiger partial charge in [0, 0.05) is 30.5 Å². The van der Waals surface area contributed by atoms with E-state index in [4.69, 9.17) is 10.3 Å². The van der Waals surface area contributed by atoms with Crippen LogP contribution >= 0.6 is 0 Å². The number of hydrogen-bond acceptors (Lipinski definition) is 5. The average Bonchev–Trinajstić information content (AvgIpc) is 3.12. The van der Waals surface area contributed by atoms with Gasteiger partial charge in [0.1, 0.15) is 11.4 Å². The van der Waals surface area contributed by atoms with E-state index < -0.39 is 30.2 Å². The van der Waals surface area contributed by atoms with E-state index in [1.165, 1.54) is 17.9 Å². The quantitative estimate of drug-likeness (QED) is 0.308. The molecule has 0 aromatic heterocycles. The second-order valence-corrected chi connectivity index (χ2v) is 8.32. The minimum atomic E-state index is -0.910. The molecule has 2 aromatic rings. The zero-order valence-electron chi connectivity index (χ0n) is 18.9. The second kappa shape index (κ2) is 11.0. The van der Waals surface area contributed by atoms with Gasteiger partial charge in [0.2, 0.25) is 5.91 Å². The third-order valence-corrected chi connectivity index (χ3v) is 5.39. The zero-order valence-corrected chi connectivity index (χ0v) is 18.9. The molecule has 2 N–H and O–H groups in total. The number of hydrogen-bond donors (Lipinski definition) is 2. The van der Waals surface area contributed by atoms with Crippen LogP contribution < -0.4 is 15.5 Å². The topological polar surface area (TPSA) is 119 Å². The van der Waals surface area contributed by atoms with Crippen LogP contribution in [0, 0.1) is 5.82 Å². The van der Waals surface area contributed by atoms with Gasteiger partial charge in [-0.1, -0.05) is 29.4 Å². The molecule has 11 heteroatoms. The number of cyclic esters (lactones) is 1. The third-order valence-electron chi connectivity index (χ3n) is 5.39. The SMILES string of the molecule is CC(=O)NC[C@@]1(C)CN(c2ccc(-c3ccc(CNCC(CF)N=[N+]=[N-])cc3)c(F)c2)C(=O)O1. The predicted molar refractivity (Wildman–Crippen MR) is 123 cm³/mol. The highest BCUT2D eigenvalue weighted by molar-refractivity contribution is 5.91. The van der Waals surface area contributed by atoms with Crippen LogP contribution in [0.4, 0.5) is 19.3 Å². The summed E-state index contributed by atoms with van der Waals surface area (Å²) in [4.78, 5) is 27.5. The van der Waals surface area contributed by atoms with Crippen LogP contribution in [0.5, 0.6) is 0 Å². The molecule has 0 aliphatic carbocycles. The molecular weight excluding hydrogens is 446 g/mol. The summed E-state index contributed by atoms with van der Waals surface area (Å²) < 4.78 is 33.1. The number of amides is 2. The number of carbonyl (C=O) groups excluding carboxylic acids is 2. The molecule has 1 heterocycles. The molecule has 2 amide bonds. The largest absolute Gasteiger partial charge is 0.439 e. The van der Waals surface area contributed by atoms with Crippen molar-refractivity contribution in [3.05, 3.63) is 64.3 Å². The summed E-state index contributed by atoms with van der Waals surface area (Å²) in [5, 5.41) is 9.01. The van der Waals surface area contributed by atoms with Crippen LogP contribution in [0.1, 0.15) is 19.4 Å². The predicted octanol–water partition coefficient (Wildman–Crippen LogP) is 4.08. The van der Waals surface area contributed by atoms with Crippen molar-refractivity contribution >= 4 is 17.7 Å². The second-order valence-electron chi connectivity index (χ2n) is 8.32. The summed E-state index contributed by atoms with van der Waals surface area (Å²) in [6, 6.07) is 10.9. The summed E-state index contributed by atoms with van der Waals surface area (Å²) in [6.07, 6.45) is -0.604. The Balaban J connectivity index is 1.65. The Bertz CT molecular complexity index is 1090. The molecule has 0 radical (unpaired) electrons. The fraction of sp³-hybridized carbons (Fsp3) is 0.391. The lowest BCUT2D eigenvalue weighted by molar-refractivity contribution is -0.119. The third kappa shape index (κ3) is 6.21. The number of nitrogens with zero attached hydrogens (tertiary/aromatic N) is 4. The highest BCUT2D eigenvalue weighted by atomic mass is 19.1. The van der Waals surface area contributed by atoms with Crippen molar-refractivity contribution < 1.29 is 23.1 Å². The molecule has 1 saturated heterocycles. The maximum absolute atomic E-state index is 14.9. The lowest BCUT2D eigenvalue weighted by atomic mass is 10.0. The molecule has 0 saturated carbocycles. The normalized spacial score (nSPS) is 18.2. The summed E-state index contributed by atoms with van der Waals surface area (Å²) in [5.41, 5.74) is 9.78. The zero-order chi connectivity index (χ0) is 24.7. The molecule has 2 aromatic carbocycles. The number of nitrogens with one attached hydrogen (secondary N) is 2. The van der Waals surface area contributed by atoms with Gasteiger partial charge in [-0.3, -0.25) is 14.1 Å². The van der Waals surface area contributed by atoms with Crippen molar-refractivity contribution in [2.75, 3.05) is 31.2 Å². The molecule has 0 spiro atoms. The van der Waals surface area contributed by atoms with Gasteiger partial charge in [-0.15, -0.1) is 0 Å². The molecule has 1 unspecified atom stereocenters. The van der Waals surface area contributed by atoms with Gasteiger partial charge in [0.25, 0.3) is 0 Å². The number of halogens is 2. The first-order valence-corrected chi connectivity index (χ1v) is 10.7. The minimum absolute atomic E-state index is 0.159. The van der Waals surface area contributed by atoms with E-state index in [2.05, 4.69) is 20.7 Å². The molecule has 34 heavy (non-hydrogen) atoms. The molecule has 9 nitrogen and oxygen atoms in total. The maximum atomic E-state index is 14.9. The van der Waals surface area contributed by atoms with Crippen LogP contribution in [0.15, 0.2) is 47.6 Å². The molecule has 2 atom stereocenters. The number of azide groups is 1. The first-order valence-electron chi connectivity index (χ1n) is 10.7. The van der Waals surface area contributed by atoms with E-state index in [9.17, 15) is 18.4 Å². The van der Waals surface area contributed by atoms with Gasteiger partial charge >= 0.3 is 6.09 Å². The van der Waals surface area contributed by atoms with Crippen LogP contribution in [0.2, 0.25) is 0 Å². The smallest absolute Gasteiger partial charge is 0.415 e. The number of alkyl halides is 1. The fourth-order valence-electron chi connectivity index (χ4n) is 3.59. The average molecular weight is 472 g/mol. The van der Waals surface area contributed by atoms with Crippen molar-refractivity contribution in [3.63, 3.8) is 0 Å². The van der Waals surface area contributed by atoms with E-state index >= 15 is 0 Å². The Morgan fingerprint density at radius 3 is 2.68 bits per heavy atom. The molecule has 1 aliphatic heterocycles. The monoisotopic (exact) mass is 472 g/mol. The molecule has 3 rings (SSSR count). The Labute approximate surface area is 195 Å². The van der Waals surface area contributed by atoms with Crippen LogP contribution in [-0.2, 0) is 16.1 Å². The lowest BCUT2D eigenvalue weighted by Gasteiger charge is -2.21. The summed E-state index contributed by atoms with van der Waals surface area (Å²) in [5.74, 6) is -0.725. The van der Waals surface area contributed by atoms with Gasteiger partial charge in [-0.25, -0.2) is 9.18 Å². The summed E-state index contributed by atoms with van der Waals surface area (Å²) in [6.45, 7) is 3.32. The first-order chi connectivity index (χ1) is 16.2. The van der Waals surface area contributed by atoms with Gasteiger partial charge in [0.15, 0.2) is 0 Å². The van der Waals surface area contributed by atoms with E-state index in [1.54, 1.807) is 31.2 Å². The summed E-state index contributed by atoms with van der Waals surface area (Å²) in [7, 11) is 0. The van der Waals surface area contributed by atoms with Crippen molar-refractivity contribution in [2.45, 2.75) is 32.0 Å². The summed E-state index contributed by atoms with van der Waals surface area (Å²) >= 11 is 0. The van der Waals surface area contributed by atoms with Gasteiger partial charge in [0.05, 0.1) is 31.5 Å². The highest BCUT2D eigenvalue weighted by Gasteiger charge is 2.42. The van der Waals surface area contributed by atoms with E-state index in [-0.39, 0.29) is 25.5 Å². The van der Waals surface area contributed by atoms with E-state index in [0.717, 1.165) is 5.56 Å². The fourth-order valence-corrected chi connectivity index (χ4v) is 3.59. The van der Waals surface area contributed by atoms with Gasteiger partial charge in [-0.05, 0) is 41.8 Å². The van der Waals surface area contributed by atoms with Gasteiger partial charge < -0.3 is 15.4 Å². The Morgan fingerprint density at radius 2 is 2.06 bits per heavy atom.